The van der Waals surface area contributed by atoms with Crippen molar-refractivity contribution >= 4 is 60.0 Å². The molecule has 1 aromatic heterocycles. The lowest BCUT2D eigenvalue weighted by Crippen LogP contribution is -1.99. The van der Waals surface area contributed by atoms with Crippen LogP contribution in [0.4, 0.5) is 10.8 Å². The van der Waals surface area contributed by atoms with Gasteiger partial charge in [0.25, 0.3) is 0 Å². The van der Waals surface area contributed by atoms with E-state index >= 15 is 0 Å². The van der Waals surface area contributed by atoms with Crippen molar-refractivity contribution in [3.05, 3.63) is 37.2 Å². The van der Waals surface area contributed by atoms with Gasteiger partial charge in [-0.2, -0.15) is 0 Å². The fourth-order valence-corrected chi connectivity index (χ4v) is 4.00. The number of hydrogen-bond donors (Lipinski definition) is 2. The fourth-order valence-electron chi connectivity index (χ4n) is 1.57. The molecule has 0 aliphatic carbocycles. The number of carbonyl (C=O) groups is 1. The molecule has 0 bridgehead atoms. The molecule has 0 aliphatic heterocycles. The van der Waals surface area contributed by atoms with Gasteiger partial charge in [-0.1, -0.05) is 0 Å². The van der Waals surface area contributed by atoms with Crippen LogP contribution in [-0.4, -0.2) is 16.1 Å². The Labute approximate surface area is 131 Å². The number of aromatic carboxylic acids is 1. The van der Waals surface area contributed by atoms with Crippen LogP contribution >= 0.6 is 43.2 Å². The number of anilines is 2. The molecule has 0 saturated heterocycles. The van der Waals surface area contributed by atoms with Gasteiger partial charge in [0.2, 0.25) is 0 Å². The lowest BCUT2D eigenvalue weighted by Gasteiger charge is -2.09. The van der Waals surface area contributed by atoms with Gasteiger partial charge in [0.1, 0.15) is 0 Å². The van der Waals surface area contributed by atoms with E-state index in [1.165, 1.54) is 11.3 Å². The standard InChI is InChI=1S/C12H10Br2N2O2S/c1-5-3-7(13)10(8(14)4-5)16-12-15-9(11(17)18)6(2)19-12/h3-4H,1-2H3,(H,15,16)(H,17,18). The van der Waals surface area contributed by atoms with Crippen LogP contribution in [0.3, 0.4) is 0 Å². The lowest BCUT2D eigenvalue weighted by molar-refractivity contribution is 0.0690. The molecule has 1 aromatic carbocycles. The predicted octanol–water partition coefficient (Wildman–Crippen LogP) is 4.73. The van der Waals surface area contributed by atoms with E-state index in [2.05, 4.69) is 42.2 Å². The van der Waals surface area contributed by atoms with E-state index in [4.69, 9.17) is 5.11 Å². The van der Waals surface area contributed by atoms with Crippen LogP contribution in [-0.2, 0) is 0 Å². The Morgan fingerprint density at radius 1 is 1.32 bits per heavy atom. The first kappa shape index (κ1) is 14.5. The van der Waals surface area contributed by atoms with Crippen molar-refractivity contribution in [2.24, 2.45) is 0 Å². The molecule has 0 amide bonds. The van der Waals surface area contributed by atoms with Crippen molar-refractivity contribution in [2.75, 3.05) is 5.32 Å². The van der Waals surface area contributed by atoms with E-state index in [0.29, 0.717) is 10.0 Å². The number of halogens is 2. The summed E-state index contributed by atoms with van der Waals surface area (Å²) >= 11 is 8.27. The van der Waals surface area contributed by atoms with Crippen molar-refractivity contribution in [1.29, 1.82) is 0 Å². The Balaban J connectivity index is 2.37. The summed E-state index contributed by atoms with van der Waals surface area (Å²) in [5.41, 5.74) is 2.04. The second-order valence-electron chi connectivity index (χ2n) is 3.96. The van der Waals surface area contributed by atoms with Crippen molar-refractivity contribution in [2.45, 2.75) is 13.8 Å². The zero-order chi connectivity index (χ0) is 14.2. The second-order valence-corrected chi connectivity index (χ2v) is 6.87. The summed E-state index contributed by atoms with van der Waals surface area (Å²) in [5, 5.41) is 12.7. The summed E-state index contributed by atoms with van der Waals surface area (Å²) in [4.78, 5) is 15.7. The van der Waals surface area contributed by atoms with E-state index in [-0.39, 0.29) is 5.69 Å². The Bertz CT molecular complexity index is 632. The molecule has 2 aromatic rings. The molecule has 2 N–H and O–H groups in total. The van der Waals surface area contributed by atoms with Crippen LogP contribution in [0.2, 0.25) is 0 Å². The van der Waals surface area contributed by atoms with Crippen LogP contribution in [0.1, 0.15) is 20.9 Å². The van der Waals surface area contributed by atoms with Crippen molar-refractivity contribution in [3.8, 4) is 0 Å². The monoisotopic (exact) mass is 404 g/mol. The largest absolute Gasteiger partial charge is 0.476 e. The lowest BCUT2D eigenvalue weighted by atomic mass is 10.2. The molecule has 0 atom stereocenters. The minimum absolute atomic E-state index is 0.0897. The molecule has 19 heavy (non-hydrogen) atoms. The minimum Gasteiger partial charge on any atom is -0.476 e. The molecule has 2 rings (SSSR count). The number of benzene rings is 1. The number of hydrogen-bond acceptors (Lipinski definition) is 4. The van der Waals surface area contributed by atoms with Gasteiger partial charge in [0, 0.05) is 13.8 Å². The summed E-state index contributed by atoms with van der Waals surface area (Å²) in [6.45, 7) is 3.74. The van der Waals surface area contributed by atoms with Crippen LogP contribution in [0.15, 0.2) is 21.1 Å². The van der Waals surface area contributed by atoms with E-state index in [9.17, 15) is 4.79 Å². The van der Waals surface area contributed by atoms with Gasteiger partial charge in [-0.3, -0.25) is 0 Å². The summed E-state index contributed by atoms with van der Waals surface area (Å²) in [5.74, 6) is -1.01. The number of aromatic nitrogens is 1. The van der Waals surface area contributed by atoms with Crippen LogP contribution in [0.25, 0.3) is 0 Å². The topological polar surface area (TPSA) is 62.2 Å². The minimum atomic E-state index is -1.01. The van der Waals surface area contributed by atoms with Gasteiger partial charge in [-0.15, -0.1) is 11.3 Å². The van der Waals surface area contributed by atoms with Crippen molar-refractivity contribution in [3.63, 3.8) is 0 Å². The summed E-state index contributed by atoms with van der Waals surface area (Å²) in [6.07, 6.45) is 0. The fraction of sp³-hybridized carbons (Fsp3) is 0.167. The molecule has 100 valence electrons. The number of nitrogens with one attached hydrogen (secondary N) is 1. The first-order valence-corrected chi connectivity index (χ1v) is 7.72. The van der Waals surface area contributed by atoms with E-state index < -0.39 is 5.97 Å². The predicted molar refractivity (Wildman–Crippen MR) is 83.7 cm³/mol. The smallest absolute Gasteiger partial charge is 0.355 e. The highest BCUT2D eigenvalue weighted by atomic mass is 79.9. The highest BCUT2D eigenvalue weighted by Gasteiger charge is 2.15. The third-order valence-electron chi connectivity index (χ3n) is 2.42. The van der Waals surface area contributed by atoms with Gasteiger partial charge >= 0.3 is 5.97 Å². The average molecular weight is 406 g/mol. The molecule has 0 fully saturated rings. The Hall–Kier alpha value is -0.920. The third-order valence-corrected chi connectivity index (χ3v) is 4.55. The molecule has 0 saturated carbocycles. The zero-order valence-corrected chi connectivity index (χ0v) is 14.1. The summed E-state index contributed by atoms with van der Waals surface area (Å²) in [6, 6.07) is 3.96. The van der Waals surface area contributed by atoms with E-state index in [1.807, 2.05) is 19.1 Å². The maximum Gasteiger partial charge on any atom is 0.355 e. The Kier molecular flexibility index (Phi) is 4.27. The van der Waals surface area contributed by atoms with Crippen LogP contribution < -0.4 is 5.32 Å². The van der Waals surface area contributed by atoms with E-state index in [0.717, 1.165) is 20.2 Å². The molecule has 0 unspecified atom stereocenters. The average Bonchev–Trinajstić information content (AvgIpc) is 2.65. The SMILES string of the molecule is Cc1cc(Br)c(Nc2nc(C(=O)O)c(C)s2)c(Br)c1. The van der Waals surface area contributed by atoms with Crippen molar-refractivity contribution < 1.29 is 9.90 Å². The highest BCUT2D eigenvalue weighted by Crippen LogP contribution is 2.36. The number of aryl methyl sites for hydroxylation is 2. The first-order chi connectivity index (χ1) is 8.88. The van der Waals surface area contributed by atoms with Crippen LogP contribution in [0.5, 0.6) is 0 Å². The number of nitrogens with zero attached hydrogens (tertiary/aromatic N) is 1. The molecular formula is C12H10Br2N2O2S. The number of carboxylic acids is 1. The molecule has 0 spiro atoms. The molecule has 7 heteroatoms. The summed E-state index contributed by atoms with van der Waals surface area (Å²) in [7, 11) is 0. The van der Waals surface area contributed by atoms with Crippen molar-refractivity contribution in [1.82, 2.24) is 4.98 Å². The van der Waals surface area contributed by atoms with Gasteiger partial charge < -0.3 is 10.4 Å². The molecule has 1 heterocycles. The maximum atomic E-state index is 11.0. The normalized spacial score (nSPS) is 10.5. The second kappa shape index (κ2) is 5.60. The molecule has 0 aliphatic rings. The Morgan fingerprint density at radius 3 is 2.37 bits per heavy atom. The number of thiazole rings is 1. The first-order valence-electron chi connectivity index (χ1n) is 5.32. The molecular weight excluding hydrogens is 396 g/mol. The molecule has 4 nitrogen and oxygen atoms in total. The van der Waals surface area contributed by atoms with Gasteiger partial charge in [0.05, 0.1) is 5.69 Å². The quantitative estimate of drug-likeness (QED) is 0.774. The highest BCUT2D eigenvalue weighted by molar-refractivity contribution is 9.11. The number of rotatable bonds is 3. The Morgan fingerprint density at radius 2 is 1.89 bits per heavy atom. The number of carboxylic acid groups (broad SMARTS) is 1. The molecule has 0 radical (unpaired) electrons. The van der Waals surface area contributed by atoms with Gasteiger partial charge in [-0.25, -0.2) is 9.78 Å². The summed E-state index contributed by atoms with van der Waals surface area (Å²) < 4.78 is 1.79. The zero-order valence-electron chi connectivity index (χ0n) is 10.1. The van der Waals surface area contributed by atoms with Crippen LogP contribution in [0, 0.1) is 13.8 Å². The van der Waals surface area contributed by atoms with E-state index in [1.54, 1.807) is 6.92 Å². The van der Waals surface area contributed by atoms with Gasteiger partial charge in [-0.05, 0) is 63.4 Å². The maximum absolute atomic E-state index is 11.0. The van der Waals surface area contributed by atoms with Gasteiger partial charge in [0.15, 0.2) is 10.8 Å². The third kappa shape index (κ3) is 3.16.